The average Bonchev–Trinajstić information content (AvgIpc) is 2.92. The van der Waals surface area contributed by atoms with Gasteiger partial charge in [0.25, 0.3) is 5.56 Å². The number of fused-ring (bicyclic) bond motifs is 1. The SMILES string of the molecule is O=C(Cn1c(=O)n(CCc2ccccc2)c(=O)c2ccccc21)N1CCN(c2ccccc2F)CC1. The van der Waals surface area contributed by atoms with E-state index in [9.17, 15) is 18.8 Å². The third-order valence-electron chi connectivity index (χ3n) is 6.72. The summed E-state index contributed by atoms with van der Waals surface area (Å²) in [6.07, 6.45) is 0.528. The Morgan fingerprint density at radius 3 is 2.19 bits per heavy atom. The van der Waals surface area contributed by atoms with E-state index >= 15 is 0 Å². The molecule has 0 bridgehead atoms. The second-order valence-corrected chi connectivity index (χ2v) is 8.90. The highest BCUT2D eigenvalue weighted by Crippen LogP contribution is 2.20. The quantitative estimate of drug-likeness (QED) is 0.420. The summed E-state index contributed by atoms with van der Waals surface area (Å²) in [5, 5.41) is 0.405. The number of hydrogen-bond donors (Lipinski definition) is 0. The molecule has 0 spiro atoms. The van der Waals surface area contributed by atoms with Crippen LogP contribution in [-0.2, 0) is 24.3 Å². The number of anilines is 1. The fraction of sp³-hybridized carbons (Fsp3) is 0.250. The van der Waals surface area contributed by atoms with Crippen molar-refractivity contribution in [2.75, 3.05) is 31.1 Å². The zero-order valence-corrected chi connectivity index (χ0v) is 19.8. The summed E-state index contributed by atoms with van der Waals surface area (Å²) in [6, 6.07) is 23.2. The summed E-state index contributed by atoms with van der Waals surface area (Å²) in [5.74, 6) is -0.489. The summed E-state index contributed by atoms with van der Waals surface area (Å²) in [6.45, 7) is 1.91. The maximum absolute atomic E-state index is 14.2. The van der Waals surface area contributed by atoms with Gasteiger partial charge in [-0.3, -0.25) is 18.7 Å². The van der Waals surface area contributed by atoms with Crippen LogP contribution in [0.5, 0.6) is 0 Å². The molecule has 184 valence electrons. The molecule has 8 heteroatoms. The molecule has 4 aromatic rings. The highest BCUT2D eigenvalue weighted by molar-refractivity contribution is 5.82. The molecule has 0 saturated carbocycles. The van der Waals surface area contributed by atoms with Crippen LogP contribution in [0.15, 0.2) is 88.5 Å². The van der Waals surface area contributed by atoms with E-state index in [-0.39, 0.29) is 30.4 Å². The Kier molecular flexibility index (Phi) is 6.66. The molecule has 1 fully saturated rings. The van der Waals surface area contributed by atoms with Gasteiger partial charge in [0.1, 0.15) is 12.4 Å². The van der Waals surface area contributed by atoms with Gasteiger partial charge in [-0.25, -0.2) is 9.18 Å². The lowest BCUT2D eigenvalue weighted by Crippen LogP contribution is -2.51. The average molecular weight is 487 g/mol. The molecule has 3 aromatic carbocycles. The van der Waals surface area contributed by atoms with E-state index in [0.717, 1.165) is 5.56 Å². The van der Waals surface area contributed by atoms with Crippen molar-refractivity contribution < 1.29 is 9.18 Å². The molecule has 0 aliphatic carbocycles. The summed E-state index contributed by atoms with van der Waals surface area (Å²) < 4.78 is 16.8. The van der Waals surface area contributed by atoms with Crippen molar-refractivity contribution in [1.82, 2.24) is 14.0 Å². The number of carbonyl (C=O) groups is 1. The van der Waals surface area contributed by atoms with Crippen molar-refractivity contribution in [2.45, 2.75) is 19.5 Å². The zero-order chi connectivity index (χ0) is 25.1. The lowest BCUT2D eigenvalue weighted by molar-refractivity contribution is -0.132. The molecule has 1 saturated heterocycles. The highest BCUT2D eigenvalue weighted by Gasteiger charge is 2.24. The lowest BCUT2D eigenvalue weighted by atomic mass is 10.1. The molecule has 1 aliphatic rings. The van der Waals surface area contributed by atoms with Crippen LogP contribution in [-0.4, -0.2) is 46.1 Å². The Morgan fingerprint density at radius 2 is 1.44 bits per heavy atom. The summed E-state index contributed by atoms with van der Waals surface area (Å²) in [4.78, 5) is 43.4. The smallest absolute Gasteiger partial charge is 0.331 e. The topological polar surface area (TPSA) is 67.5 Å². The van der Waals surface area contributed by atoms with E-state index in [1.54, 1.807) is 47.4 Å². The fourth-order valence-electron chi connectivity index (χ4n) is 4.75. The number of para-hydroxylation sites is 2. The van der Waals surface area contributed by atoms with Crippen molar-refractivity contribution >= 4 is 22.5 Å². The number of aromatic nitrogens is 2. The van der Waals surface area contributed by atoms with Crippen LogP contribution in [0, 0.1) is 5.82 Å². The van der Waals surface area contributed by atoms with Crippen molar-refractivity contribution in [2.24, 2.45) is 0 Å². The second-order valence-electron chi connectivity index (χ2n) is 8.90. The second kappa shape index (κ2) is 10.2. The zero-order valence-electron chi connectivity index (χ0n) is 19.8. The largest absolute Gasteiger partial charge is 0.366 e. The first-order valence-corrected chi connectivity index (χ1v) is 12.1. The van der Waals surface area contributed by atoms with Gasteiger partial charge >= 0.3 is 5.69 Å². The number of benzene rings is 3. The number of nitrogens with zero attached hydrogens (tertiary/aromatic N) is 4. The van der Waals surface area contributed by atoms with E-state index in [4.69, 9.17) is 0 Å². The minimum Gasteiger partial charge on any atom is -0.366 e. The minimum atomic E-state index is -0.493. The Morgan fingerprint density at radius 1 is 0.778 bits per heavy atom. The fourth-order valence-corrected chi connectivity index (χ4v) is 4.75. The summed E-state index contributed by atoms with van der Waals surface area (Å²) in [5.41, 5.74) is 1.15. The molecule has 0 atom stereocenters. The molecule has 0 N–H and O–H groups in total. The van der Waals surface area contributed by atoms with Crippen LogP contribution in [0.3, 0.4) is 0 Å². The number of carbonyl (C=O) groups excluding carboxylic acids is 1. The number of piperazine rings is 1. The van der Waals surface area contributed by atoms with Gasteiger partial charge in [0, 0.05) is 32.7 Å². The Labute approximate surface area is 207 Å². The van der Waals surface area contributed by atoms with Crippen molar-refractivity contribution in [3.8, 4) is 0 Å². The number of amides is 1. The molecule has 5 rings (SSSR count). The van der Waals surface area contributed by atoms with Crippen LogP contribution in [0.25, 0.3) is 10.9 Å². The predicted octanol–water partition coefficient (Wildman–Crippen LogP) is 2.89. The number of halogens is 1. The molecule has 0 unspecified atom stereocenters. The van der Waals surface area contributed by atoms with Crippen molar-refractivity contribution in [3.05, 3.63) is 111 Å². The number of hydrogen-bond acceptors (Lipinski definition) is 4. The molecule has 2 heterocycles. The molecule has 0 radical (unpaired) electrons. The molecule has 7 nitrogen and oxygen atoms in total. The first-order chi connectivity index (χ1) is 17.5. The molecular weight excluding hydrogens is 459 g/mol. The first-order valence-electron chi connectivity index (χ1n) is 12.1. The van der Waals surface area contributed by atoms with Gasteiger partial charge in [-0.05, 0) is 36.2 Å². The minimum absolute atomic E-state index is 0.162. The standard InChI is InChI=1S/C28H27FN4O3/c29-23-11-5-7-13-25(23)30-16-18-31(19-17-30)26(34)20-33-24-12-6-4-10-22(24)27(35)32(28(33)36)15-14-21-8-2-1-3-9-21/h1-13H,14-20H2. The van der Waals surface area contributed by atoms with Crippen LogP contribution in [0.4, 0.5) is 10.1 Å². The molecular formula is C28H27FN4O3. The number of rotatable bonds is 6. The van der Waals surface area contributed by atoms with Crippen LogP contribution in [0.1, 0.15) is 5.56 Å². The predicted molar refractivity (Wildman–Crippen MR) is 138 cm³/mol. The molecule has 1 aliphatic heterocycles. The van der Waals surface area contributed by atoms with Gasteiger partial charge in [0.15, 0.2) is 0 Å². The summed E-state index contributed by atoms with van der Waals surface area (Å²) >= 11 is 0. The van der Waals surface area contributed by atoms with Gasteiger partial charge < -0.3 is 9.80 Å². The maximum atomic E-state index is 14.2. The third-order valence-corrected chi connectivity index (χ3v) is 6.72. The molecule has 1 aromatic heterocycles. The van der Waals surface area contributed by atoms with Crippen LogP contribution < -0.4 is 16.1 Å². The Bertz CT molecular complexity index is 1510. The van der Waals surface area contributed by atoms with E-state index in [0.29, 0.717) is 49.2 Å². The Hall–Kier alpha value is -4.20. The number of aryl methyl sites for hydroxylation is 1. The van der Waals surface area contributed by atoms with Crippen molar-refractivity contribution in [3.63, 3.8) is 0 Å². The third kappa shape index (κ3) is 4.66. The molecule has 1 amide bonds. The van der Waals surface area contributed by atoms with Gasteiger partial charge in [-0.1, -0.05) is 54.6 Å². The van der Waals surface area contributed by atoms with Crippen LogP contribution >= 0.6 is 0 Å². The first kappa shape index (κ1) is 23.5. The monoisotopic (exact) mass is 486 g/mol. The van der Waals surface area contributed by atoms with Gasteiger partial charge in [0.05, 0.1) is 16.6 Å². The summed E-state index contributed by atoms with van der Waals surface area (Å²) in [7, 11) is 0. The van der Waals surface area contributed by atoms with E-state index in [1.807, 2.05) is 35.2 Å². The van der Waals surface area contributed by atoms with E-state index in [2.05, 4.69) is 0 Å². The normalized spacial score (nSPS) is 13.8. The van der Waals surface area contributed by atoms with Crippen molar-refractivity contribution in [1.29, 1.82) is 0 Å². The van der Waals surface area contributed by atoms with Gasteiger partial charge in [0.2, 0.25) is 5.91 Å². The van der Waals surface area contributed by atoms with Crippen LogP contribution in [0.2, 0.25) is 0 Å². The molecule has 36 heavy (non-hydrogen) atoms. The van der Waals surface area contributed by atoms with E-state index in [1.165, 1.54) is 15.2 Å². The highest BCUT2D eigenvalue weighted by atomic mass is 19.1. The maximum Gasteiger partial charge on any atom is 0.331 e. The van der Waals surface area contributed by atoms with E-state index < -0.39 is 5.69 Å². The van der Waals surface area contributed by atoms with Gasteiger partial charge in [-0.2, -0.15) is 0 Å². The van der Waals surface area contributed by atoms with Gasteiger partial charge in [-0.15, -0.1) is 0 Å². The lowest BCUT2D eigenvalue weighted by Gasteiger charge is -2.36. The Balaban J connectivity index is 1.38.